The van der Waals surface area contributed by atoms with E-state index in [1.165, 1.54) is 22.9 Å². The Morgan fingerprint density at radius 2 is 1.76 bits per heavy atom. The van der Waals surface area contributed by atoms with Gasteiger partial charge in [0.15, 0.2) is 0 Å². The topological polar surface area (TPSA) is 28.5 Å². The first-order valence-electron chi connectivity index (χ1n) is 7.93. The number of likely N-dealkylation sites (tertiary alicyclic amines) is 1. The molecule has 4 rings (SSSR count). The molecule has 0 unspecified atom stereocenters. The van der Waals surface area contributed by atoms with E-state index in [1.807, 2.05) is 9.80 Å². The molecule has 2 amide bonds. The number of para-hydroxylation sites is 1. The van der Waals surface area contributed by atoms with Crippen molar-refractivity contribution in [3.05, 3.63) is 36.0 Å². The molecule has 1 fully saturated rings. The second-order valence-electron chi connectivity index (χ2n) is 6.12. The van der Waals surface area contributed by atoms with Crippen LogP contribution < -0.4 is 0 Å². The average Bonchev–Trinajstić information content (AvgIpc) is 2.85. The highest BCUT2D eigenvalue weighted by atomic mass is 16.2. The maximum Gasteiger partial charge on any atom is 0.320 e. The van der Waals surface area contributed by atoms with Gasteiger partial charge in [-0.25, -0.2) is 4.79 Å². The Labute approximate surface area is 124 Å². The van der Waals surface area contributed by atoms with Crippen LogP contribution in [0.15, 0.2) is 30.5 Å². The molecule has 3 heterocycles. The van der Waals surface area contributed by atoms with Crippen LogP contribution in [0.25, 0.3) is 10.9 Å². The number of aromatic nitrogens is 1. The number of urea groups is 1. The minimum atomic E-state index is 0.220. The van der Waals surface area contributed by atoms with Gasteiger partial charge in [-0.3, -0.25) is 0 Å². The Balaban J connectivity index is 1.62. The molecule has 0 N–H and O–H groups in total. The van der Waals surface area contributed by atoms with Crippen molar-refractivity contribution in [2.75, 3.05) is 19.6 Å². The van der Waals surface area contributed by atoms with E-state index >= 15 is 0 Å². The minimum Gasteiger partial charge on any atom is -0.345 e. The van der Waals surface area contributed by atoms with E-state index < -0.39 is 0 Å². The maximum atomic E-state index is 12.7. The molecule has 1 saturated heterocycles. The van der Waals surface area contributed by atoms with Crippen molar-refractivity contribution in [2.24, 2.45) is 0 Å². The van der Waals surface area contributed by atoms with Gasteiger partial charge in [0.2, 0.25) is 0 Å². The van der Waals surface area contributed by atoms with Crippen LogP contribution in [0, 0.1) is 0 Å². The van der Waals surface area contributed by atoms with Crippen molar-refractivity contribution in [1.82, 2.24) is 14.4 Å². The van der Waals surface area contributed by atoms with Gasteiger partial charge in [0.05, 0.1) is 5.52 Å². The number of hydrogen-bond acceptors (Lipinski definition) is 1. The Bertz CT molecular complexity index is 670. The first kappa shape index (κ1) is 12.7. The molecule has 0 atom stereocenters. The zero-order chi connectivity index (χ0) is 14.2. The molecule has 1 aromatic heterocycles. The second-order valence-corrected chi connectivity index (χ2v) is 6.12. The number of carbonyl (C=O) groups is 1. The molecule has 0 saturated carbocycles. The van der Waals surface area contributed by atoms with E-state index in [2.05, 4.69) is 35.0 Å². The number of carbonyl (C=O) groups excluding carboxylic acids is 1. The summed E-state index contributed by atoms with van der Waals surface area (Å²) in [5.74, 6) is 0. The SMILES string of the molecule is O=C(N1CCCCC1)N1CCn2ccc3cccc(c32)C1. The van der Waals surface area contributed by atoms with Crippen molar-refractivity contribution < 1.29 is 4.79 Å². The van der Waals surface area contributed by atoms with Crippen LogP contribution in [0.1, 0.15) is 24.8 Å². The van der Waals surface area contributed by atoms with Crippen molar-refractivity contribution in [1.29, 1.82) is 0 Å². The summed E-state index contributed by atoms with van der Waals surface area (Å²) >= 11 is 0. The third kappa shape index (κ3) is 2.19. The molecule has 0 aliphatic carbocycles. The van der Waals surface area contributed by atoms with E-state index in [0.717, 1.165) is 45.6 Å². The lowest BCUT2D eigenvalue weighted by Gasteiger charge is -2.32. The number of benzene rings is 1. The third-order valence-corrected chi connectivity index (χ3v) is 4.74. The Hall–Kier alpha value is -1.97. The summed E-state index contributed by atoms with van der Waals surface area (Å²) in [4.78, 5) is 16.8. The van der Waals surface area contributed by atoms with Crippen molar-refractivity contribution in [2.45, 2.75) is 32.4 Å². The zero-order valence-corrected chi connectivity index (χ0v) is 12.3. The fraction of sp³-hybridized carbons (Fsp3) is 0.471. The van der Waals surface area contributed by atoms with Crippen molar-refractivity contribution >= 4 is 16.9 Å². The summed E-state index contributed by atoms with van der Waals surface area (Å²) in [6.45, 7) is 4.27. The van der Waals surface area contributed by atoms with E-state index in [0.29, 0.717) is 0 Å². The van der Waals surface area contributed by atoms with Gasteiger partial charge in [-0.15, -0.1) is 0 Å². The number of piperidine rings is 1. The van der Waals surface area contributed by atoms with Crippen molar-refractivity contribution in [3.63, 3.8) is 0 Å². The van der Waals surface area contributed by atoms with Gasteiger partial charge in [0.1, 0.15) is 0 Å². The fourth-order valence-corrected chi connectivity index (χ4v) is 3.62. The second kappa shape index (κ2) is 5.10. The molecule has 110 valence electrons. The van der Waals surface area contributed by atoms with Crippen LogP contribution >= 0.6 is 0 Å². The maximum absolute atomic E-state index is 12.7. The highest BCUT2D eigenvalue weighted by Crippen LogP contribution is 2.25. The van der Waals surface area contributed by atoms with Gasteiger partial charge in [-0.2, -0.15) is 0 Å². The number of nitrogens with zero attached hydrogens (tertiary/aromatic N) is 3. The Morgan fingerprint density at radius 3 is 2.62 bits per heavy atom. The average molecular weight is 283 g/mol. The molecule has 1 aromatic carbocycles. The van der Waals surface area contributed by atoms with Gasteiger partial charge in [0, 0.05) is 38.9 Å². The third-order valence-electron chi connectivity index (χ3n) is 4.74. The van der Waals surface area contributed by atoms with Crippen LogP contribution in [0.5, 0.6) is 0 Å². The molecule has 2 aromatic rings. The highest BCUT2D eigenvalue weighted by molar-refractivity contribution is 5.84. The molecule has 4 heteroatoms. The molecule has 0 radical (unpaired) electrons. The van der Waals surface area contributed by atoms with Crippen LogP contribution in [0.4, 0.5) is 4.79 Å². The molecule has 0 bridgehead atoms. The molecule has 4 nitrogen and oxygen atoms in total. The number of amides is 2. The summed E-state index contributed by atoms with van der Waals surface area (Å²) < 4.78 is 2.29. The van der Waals surface area contributed by atoms with Gasteiger partial charge in [-0.05, 0) is 36.3 Å². The molecule has 21 heavy (non-hydrogen) atoms. The van der Waals surface area contributed by atoms with E-state index in [9.17, 15) is 4.79 Å². The lowest BCUT2D eigenvalue weighted by atomic mass is 10.1. The zero-order valence-electron chi connectivity index (χ0n) is 12.3. The smallest absolute Gasteiger partial charge is 0.320 e. The van der Waals surface area contributed by atoms with Crippen LogP contribution in [-0.4, -0.2) is 40.0 Å². The van der Waals surface area contributed by atoms with Gasteiger partial charge in [0.25, 0.3) is 0 Å². The summed E-state index contributed by atoms with van der Waals surface area (Å²) in [6.07, 6.45) is 5.70. The first-order chi connectivity index (χ1) is 10.3. The summed E-state index contributed by atoms with van der Waals surface area (Å²) in [5.41, 5.74) is 2.56. The number of rotatable bonds is 0. The van der Waals surface area contributed by atoms with Crippen LogP contribution in [-0.2, 0) is 13.1 Å². The van der Waals surface area contributed by atoms with E-state index in [-0.39, 0.29) is 6.03 Å². The quantitative estimate of drug-likeness (QED) is 0.730. The Kier molecular flexibility index (Phi) is 3.09. The lowest BCUT2D eigenvalue weighted by Crippen LogP contribution is -2.45. The lowest BCUT2D eigenvalue weighted by molar-refractivity contribution is 0.140. The summed E-state index contributed by atoms with van der Waals surface area (Å²) in [7, 11) is 0. The Morgan fingerprint density at radius 1 is 0.905 bits per heavy atom. The standard InChI is InChI=1S/C17H21N3O/c21-17(19-8-2-1-3-9-19)20-12-11-18-10-7-14-5-4-6-15(13-20)16(14)18/h4-7,10H,1-3,8-9,11-13H2. The minimum absolute atomic E-state index is 0.220. The van der Waals surface area contributed by atoms with E-state index in [1.54, 1.807) is 0 Å². The molecule has 0 spiro atoms. The molecule has 2 aliphatic rings. The molecule has 2 aliphatic heterocycles. The highest BCUT2D eigenvalue weighted by Gasteiger charge is 2.25. The monoisotopic (exact) mass is 283 g/mol. The van der Waals surface area contributed by atoms with Gasteiger partial charge in [-0.1, -0.05) is 18.2 Å². The first-order valence-corrected chi connectivity index (χ1v) is 7.93. The van der Waals surface area contributed by atoms with E-state index in [4.69, 9.17) is 0 Å². The van der Waals surface area contributed by atoms with Crippen LogP contribution in [0.2, 0.25) is 0 Å². The largest absolute Gasteiger partial charge is 0.345 e. The predicted octanol–water partition coefficient (Wildman–Crippen LogP) is 3.06. The van der Waals surface area contributed by atoms with Gasteiger partial charge >= 0.3 is 6.03 Å². The van der Waals surface area contributed by atoms with Crippen molar-refractivity contribution in [3.8, 4) is 0 Å². The normalized spacial score (nSPS) is 18.9. The summed E-state index contributed by atoms with van der Waals surface area (Å²) in [5, 5.41) is 1.28. The number of hydrogen-bond donors (Lipinski definition) is 0. The molecular weight excluding hydrogens is 262 g/mol. The predicted molar refractivity (Wildman–Crippen MR) is 83.2 cm³/mol. The summed E-state index contributed by atoms with van der Waals surface area (Å²) in [6, 6.07) is 8.79. The fourth-order valence-electron chi connectivity index (χ4n) is 3.62. The van der Waals surface area contributed by atoms with Gasteiger partial charge < -0.3 is 14.4 Å². The van der Waals surface area contributed by atoms with Crippen LogP contribution in [0.3, 0.4) is 0 Å². The molecular formula is C17H21N3O.